The molecule has 0 fully saturated rings. The fourth-order valence-corrected chi connectivity index (χ4v) is 2.14. The zero-order valence-electron chi connectivity index (χ0n) is 11.1. The van der Waals surface area contributed by atoms with E-state index in [-0.39, 0.29) is 5.91 Å². The highest BCUT2D eigenvalue weighted by molar-refractivity contribution is 6.34. The number of carbonyl (C=O) groups is 1. The Bertz CT molecular complexity index is 661. The van der Waals surface area contributed by atoms with Crippen LogP contribution < -0.4 is 10.1 Å². The molecule has 0 aliphatic carbocycles. The maximum Gasteiger partial charge on any atom is 0.265 e. The van der Waals surface area contributed by atoms with Gasteiger partial charge in [-0.25, -0.2) is 0 Å². The summed E-state index contributed by atoms with van der Waals surface area (Å²) in [7, 11) is 0. The molecule has 2 rings (SSSR count). The maximum atomic E-state index is 12.1. The summed E-state index contributed by atoms with van der Waals surface area (Å²) in [6.45, 7) is 1.62. The minimum absolute atomic E-state index is 0.312. The molecule has 2 aromatic rings. The van der Waals surface area contributed by atoms with Gasteiger partial charge in [0.05, 0.1) is 5.02 Å². The van der Waals surface area contributed by atoms with Crippen LogP contribution in [-0.2, 0) is 4.79 Å². The van der Waals surface area contributed by atoms with Crippen LogP contribution >= 0.6 is 34.8 Å². The molecule has 0 aliphatic heterocycles. The van der Waals surface area contributed by atoms with Crippen molar-refractivity contribution in [2.75, 3.05) is 5.32 Å². The molecule has 0 bridgehead atoms. The number of hydrogen-bond donors (Lipinski definition) is 1. The number of ether oxygens (including phenoxy) is 1. The lowest BCUT2D eigenvalue weighted by molar-refractivity contribution is -0.122. The first-order valence-corrected chi connectivity index (χ1v) is 7.27. The highest BCUT2D eigenvalue weighted by Crippen LogP contribution is 2.28. The zero-order chi connectivity index (χ0) is 15.4. The molecule has 1 amide bonds. The van der Waals surface area contributed by atoms with Gasteiger partial charge in [-0.05, 0) is 37.3 Å². The molecule has 21 heavy (non-hydrogen) atoms. The Morgan fingerprint density at radius 1 is 1.10 bits per heavy atom. The number of anilines is 1. The molecule has 3 nitrogen and oxygen atoms in total. The van der Waals surface area contributed by atoms with Crippen molar-refractivity contribution in [2.24, 2.45) is 0 Å². The standard InChI is InChI=1S/C15H12Cl3NO2/c1-9(21-14-8-11(17)5-6-13(14)18)15(20)19-12-4-2-3-10(16)7-12/h2-9H,1H3,(H,19,20)/t9-/m0/s1. The lowest BCUT2D eigenvalue weighted by atomic mass is 10.3. The van der Waals surface area contributed by atoms with E-state index in [2.05, 4.69) is 5.32 Å². The van der Waals surface area contributed by atoms with Crippen LogP contribution in [0.4, 0.5) is 5.69 Å². The molecule has 0 saturated heterocycles. The molecule has 0 heterocycles. The van der Waals surface area contributed by atoms with Gasteiger partial charge in [0.2, 0.25) is 0 Å². The predicted molar refractivity (Wildman–Crippen MR) is 86.6 cm³/mol. The Morgan fingerprint density at radius 2 is 1.81 bits per heavy atom. The first kappa shape index (κ1) is 16.0. The maximum absolute atomic E-state index is 12.1. The summed E-state index contributed by atoms with van der Waals surface area (Å²) in [4.78, 5) is 12.1. The molecule has 6 heteroatoms. The van der Waals surface area contributed by atoms with Crippen LogP contribution in [-0.4, -0.2) is 12.0 Å². The third kappa shape index (κ3) is 4.53. The molecule has 0 aromatic heterocycles. The lowest BCUT2D eigenvalue weighted by Gasteiger charge is -2.16. The third-order valence-electron chi connectivity index (χ3n) is 2.66. The SMILES string of the molecule is C[C@H](Oc1cc(Cl)ccc1Cl)C(=O)Nc1cccc(Cl)c1. The largest absolute Gasteiger partial charge is 0.479 e. The van der Waals surface area contributed by atoms with Gasteiger partial charge in [-0.2, -0.15) is 0 Å². The van der Waals surface area contributed by atoms with Crippen LogP contribution in [0.3, 0.4) is 0 Å². The van der Waals surface area contributed by atoms with Crippen molar-refractivity contribution in [3.63, 3.8) is 0 Å². The van der Waals surface area contributed by atoms with Crippen molar-refractivity contribution < 1.29 is 9.53 Å². The summed E-state index contributed by atoms with van der Waals surface area (Å²) in [6, 6.07) is 11.7. The topological polar surface area (TPSA) is 38.3 Å². The van der Waals surface area contributed by atoms with Gasteiger partial charge in [0.1, 0.15) is 5.75 Å². The van der Waals surface area contributed by atoms with E-state index in [1.807, 2.05) is 0 Å². The molecule has 110 valence electrons. The monoisotopic (exact) mass is 343 g/mol. The van der Waals surface area contributed by atoms with E-state index in [9.17, 15) is 4.79 Å². The van der Waals surface area contributed by atoms with Crippen LogP contribution in [0.25, 0.3) is 0 Å². The molecule has 1 N–H and O–H groups in total. The van der Waals surface area contributed by atoms with Gasteiger partial charge in [0, 0.05) is 21.8 Å². The number of amides is 1. The van der Waals surface area contributed by atoms with Crippen LogP contribution in [0.15, 0.2) is 42.5 Å². The molecule has 0 unspecified atom stereocenters. The molecule has 0 aliphatic rings. The van der Waals surface area contributed by atoms with Gasteiger partial charge in [-0.1, -0.05) is 40.9 Å². The lowest BCUT2D eigenvalue weighted by Crippen LogP contribution is -2.30. The molecular weight excluding hydrogens is 333 g/mol. The zero-order valence-corrected chi connectivity index (χ0v) is 13.3. The number of halogens is 3. The Kier molecular flexibility index (Phi) is 5.34. The van der Waals surface area contributed by atoms with Crippen molar-refractivity contribution in [1.29, 1.82) is 0 Å². The fraction of sp³-hybridized carbons (Fsp3) is 0.133. The summed E-state index contributed by atoms with van der Waals surface area (Å²) in [6.07, 6.45) is -0.736. The van der Waals surface area contributed by atoms with E-state index in [1.165, 1.54) is 0 Å². The number of rotatable bonds is 4. The number of hydrogen-bond acceptors (Lipinski definition) is 2. The molecule has 0 spiro atoms. The van der Waals surface area contributed by atoms with Crippen molar-refractivity contribution in [2.45, 2.75) is 13.0 Å². The second-order valence-electron chi connectivity index (χ2n) is 4.33. The van der Waals surface area contributed by atoms with Crippen LogP contribution in [0.5, 0.6) is 5.75 Å². The molecule has 0 radical (unpaired) electrons. The number of benzene rings is 2. The van der Waals surface area contributed by atoms with Crippen LogP contribution in [0.1, 0.15) is 6.92 Å². The minimum Gasteiger partial charge on any atom is -0.479 e. The van der Waals surface area contributed by atoms with Crippen LogP contribution in [0, 0.1) is 0 Å². The van der Waals surface area contributed by atoms with Crippen molar-refractivity contribution in [3.05, 3.63) is 57.5 Å². The van der Waals surface area contributed by atoms with Crippen molar-refractivity contribution in [1.82, 2.24) is 0 Å². The van der Waals surface area contributed by atoms with Crippen LogP contribution in [0.2, 0.25) is 15.1 Å². The second-order valence-corrected chi connectivity index (χ2v) is 5.61. The van der Waals surface area contributed by atoms with E-state index in [0.29, 0.717) is 26.5 Å². The summed E-state index contributed by atoms with van der Waals surface area (Å²) in [5.74, 6) is 0.0474. The average molecular weight is 345 g/mol. The van der Waals surface area contributed by atoms with E-state index < -0.39 is 6.10 Å². The highest BCUT2D eigenvalue weighted by Gasteiger charge is 2.16. The van der Waals surface area contributed by atoms with Gasteiger partial charge in [-0.3, -0.25) is 4.79 Å². The molecule has 0 saturated carbocycles. The molecule has 1 atom stereocenters. The smallest absolute Gasteiger partial charge is 0.265 e. The summed E-state index contributed by atoms with van der Waals surface area (Å²) >= 11 is 17.7. The Hall–Kier alpha value is -1.42. The highest BCUT2D eigenvalue weighted by atomic mass is 35.5. The number of carbonyl (C=O) groups excluding carboxylic acids is 1. The predicted octanol–water partition coefficient (Wildman–Crippen LogP) is 5.05. The summed E-state index contributed by atoms with van der Waals surface area (Å²) in [5.41, 5.74) is 0.597. The normalized spacial score (nSPS) is 11.8. The summed E-state index contributed by atoms with van der Waals surface area (Å²) < 4.78 is 5.53. The molecular formula is C15H12Cl3NO2. The van der Waals surface area contributed by atoms with Crippen molar-refractivity contribution >= 4 is 46.4 Å². The van der Waals surface area contributed by atoms with E-state index >= 15 is 0 Å². The van der Waals surface area contributed by atoms with Gasteiger partial charge >= 0.3 is 0 Å². The summed E-state index contributed by atoms with van der Waals surface area (Å²) in [5, 5.41) is 4.13. The van der Waals surface area contributed by atoms with E-state index in [0.717, 1.165) is 0 Å². The Morgan fingerprint density at radius 3 is 2.52 bits per heavy atom. The molecule has 2 aromatic carbocycles. The van der Waals surface area contributed by atoms with Gasteiger partial charge in [-0.15, -0.1) is 0 Å². The fourth-order valence-electron chi connectivity index (χ4n) is 1.62. The van der Waals surface area contributed by atoms with Gasteiger partial charge in [0.15, 0.2) is 6.10 Å². The first-order chi connectivity index (χ1) is 9.95. The van der Waals surface area contributed by atoms with E-state index in [4.69, 9.17) is 39.5 Å². The van der Waals surface area contributed by atoms with Crippen molar-refractivity contribution in [3.8, 4) is 5.75 Å². The Labute approximate surface area is 137 Å². The second kappa shape index (κ2) is 7.03. The van der Waals surface area contributed by atoms with Gasteiger partial charge < -0.3 is 10.1 Å². The van der Waals surface area contributed by atoms with E-state index in [1.54, 1.807) is 49.4 Å². The number of nitrogens with one attached hydrogen (secondary N) is 1. The average Bonchev–Trinajstić information content (AvgIpc) is 2.43. The first-order valence-electron chi connectivity index (χ1n) is 6.14. The quantitative estimate of drug-likeness (QED) is 0.842. The minimum atomic E-state index is -0.736. The van der Waals surface area contributed by atoms with Gasteiger partial charge in [0.25, 0.3) is 5.91 Å². The third-order valence-corrected chi connectivity index (χ3v) is 3.44. The Balaban J connectivity index is 2.04.